The minimum atomic E-state index is -0.320. The van der Waals surface area contributed by atoms with Crippen LogP contribution in [0.1, 0.15) is 22.9 Å². The maximum Gasteiger partial charge on any atom is 0.147 e. The first-order valence-electron chi connectivity index (χ1n) is 9.76. The number of nitrogens with zero attached hydrogens (tertiary/aromatic N) is 2. The lowest BCUT2D eigenvalue weighted by atomic mass is 9.96. The predicted octanol–water partition coefficient (Wildman–Crippen LogP) is 5.41. The van der Waals surface area contributed by atoms with Crippen molar-refractivity contribution in [3.63, 3.8) is 0 Å². The summed E-state index contributed by atoms with van der Waals surface area (Å²) in [4.78, 5) is 8.93. The number of aromatic hydroxyl groups is 1. The molecule has 0 spiro atoms. The summed E-state index contributed by atoms with van der Waals surface area (Å²) in [6.45, 7) is 6.07. The molecule has 0 unspecified atom stereocenters. The smallest absolute Gasteiger partial charge is 0.147 e. The Morgan fingerprint density at radius 3 is 2.67 bits per heavy atom. The van der Waals surface area contributed by atoms with Gasteiger partial charge in [0, 0.05) is 22.8 Å². The molecular formula is C25H23N3O2. The Bertz CT molecular complexity index is 1170. The maximum absolute atomic E-state index is 11.0. The molecule has 0 saturated carbocycles. The molecule has 0 aliphatic rings. The molecule has 2 aromatic heterocycles. The molecule has 0 amide bonds. The number of anilines is 1. The number of rotatable bonds is 7. The second kappa shape index (κ2) is 8.66. The number of ether oxygens (including phenoxy) is 1. The van der Waals surface area contributed by atoms with Crippen molar-refractivity contribution >= 4 is 16.7 Å². The van der Waals surface area contributed by atoms with E-state index < -0.39 is 0 Å². The van der Waals surface area contributed by atoms with Gasteiger partial charge in [0.2, 0.25) is 0 Å². The van der Waals surface area contributed by atoms with Crippen LogP contribution in [0.2, 0.25) is 0 Å². The number of pyridine rings is 2. The largest absolute Gasteiger partial charge is 0.505 e. The molecule has 4 aromatic rings. The number of aryl methyl sites for hydroxylation is 1. The summed E-state index contributed by atoms with van der Waals surface area (Å²) in [5, 5.41) is 15.4. The minimum Gasteiger partial charge on any atom is -0.505 e. The average molecular weight is 397 g/mol. The van der Waals surface area contributed by atoms with E-state index in [4.69, 9.17) is 4.74 Å². The van der Waals surface area contributed by atoms with Gasteiger partial charge in [0.05, 0.1) is 6.04 Å². The van der Waals surface area contributed by atoms with Crippen molar-refractivity contribution in [3.8, 4) is 11.5 Å². The van der Waals surface area contributed by atoms with Crippen molar-refractivity contribution in [2.75, 3.05) is 11.9 Å². The van der Waals surface area contributed by atoms with Gasteiger partial charge in [-0.3, -0.25) is 4.98 Å². The van der Waals surface area contributed by atoms with Gasteiger partial charge in [-0.25, -0.2) is 4.98 Å². The number of benzene rings is 2. The van der Waals surface area contributed by atoms with Crippen molar-refractivity contribution < 1.29 is 9.84 Å². The summed E-state index contributed by atoms with van der Waals surface area (Å²) in [7, 11) is 0. The molecule has 0 bridgehead atoms. The van der Waals surface area contributed by atoms with Crippen LogP contribution in [0.15, 0.2) is 85.6 Å². The SMILES string of the molecule is C=CCOc1ccc([C@@H](Nc2cccc(C)n2)c2ccc3cccnc3c2O)cc1. The number of aromatic nitrogens is 2. The fraction of sp³-hybridized carbons (Fsp3) is 0.120. The van der Waals surface area contributed by atoms with Gasteiger partial charge in [-0.1, -0.05) is 49.1 Å². The van der Waals surface area contributed by atoms with Crippen molar-refractivity contribution in [1.29, 1.82) is 0 Å². The van der Waals surface area contributed by atoms with Crippen molar-refractivity contribution in [1.82, 2.24) is 9.97 Å². The summed E-state index contributed by atoms with van der Waals surface area (Å²) >= 11 is 0. The lowest BCUT2D eigenvalue weighted by Crippen LogP contribution is -2.14. The molecule has 150 valence electrons. The van der Waals surface area contributed by atoms with Crippen LogP contribution in [0, 0.1) is 6.92 Å². The third-order valence-corrected chi connectivity index (χ3v) is 4.85. The van der Waals surface area contributed by atoms with Gasteiger partial charge in [0.1, 0.15) is 29.4 Å². The molecule has 2 heterocycles. The van der Waals surface area contributed by atoms with Crippen LogP contribution in [0.5, 0.6) is 11.5 Å². The lowest BCUT2D eigenvalue weighted by molar-refractivity contribution is 0.363. The average Bonchev–Trinajstić information content (AvgIpc) is 2.77. The van der Waals surface area contributed by atoms with Crippen molar-refractivity contribution in [2.45, 2.75) is 13.0 Å². The molecule has 0 saturated heterocycles. The van der Waals surface area contributed by atoms with Gasteiger partial charge in [0.15, 0.2) is 0 Å². The molecule has 0 fully saturated rings. The van der Waals surface area contributed by atoms with Crippen LogP contribution in [0.25, 0.3) is 10.9 Å². The van der Waals surface area contributed by atoms with E-state index in [1.54, 1.807) is 12.3 Å². The summed E-state index contributed by atoms with van der Waals surface area (Å²) in [5.41, 5.74) is 3.18. The Hall–Kier alpha value is -3.86. The van der Waals surface area contributed by atoms with E-state index in [1.807, 2.05) is 73.7 Å². The molecule has 30 heavy (non-hydrogen) atoms. The molecular weight excluding hydrogens is 374 g/mol. The molecule has 0 aliphatic carbocycles. The zero-order valence-corrected chi connectivity index (χ0v) is 16.7. The maximum atomic E-state index is 11.0. The number of hydrogen-bond acceptors (Lipinski definition) is 5. The van der Waals surface area contributed by atoms with Crippen molar-refractivity contribution in [3.05, 3.63) is 102 Å². The van der Waals surface area contributed by atoms with Gasteiger partial charge in [0.25, 0.3) is 0 Å². The van der Waals surface area contributed by atoms with Gasteiger partial charge < -0.3 is 15.2 Å². The second-order valence-corrected chi connectivity index (χ2v) is 6.99. The van der Waals surface area contributed by atoms with E-state index >= 15 is 0 Å². The van der Waals surface area contributed by atoms with Crippen molar-refractivity contribution in [2.24, 2.45) is 0 Å². The van der Waals surface area contributed by atoms with E-state index in [0.717, 1.165) is 33.8 Å². The Labute approximate surface area is 175 Å². The topological polar surface area (TPSA) is 67.3 Å². The standard InChI is InChI=1S/C25H23N3O2/c1-3-16-30-20-12-9-19(10-13-20)23(28-22-8-4-6-17(2)27-22)21-14-11-18-7-5-15-26-24(18)25(21)29/h3-15,23,29H,1,16H2,2H3,(H,27,28)/t23-/m1/s1. The highest BCUT2D eigenvalue weighted by Gasteiger charge is 2.20. The third kappa shape index (κ3) is 4.10. The van der Waals surface area contributed by atoms with E-state index in [1.165, 1.54) is 0 Å². The van der Waals surface area contributed by atoms with E-state index in [-0.39, 0.29) is 11.8 Å². The van der Waals surface area contributed by atoms with Crippen LogP contribution < -0.4 is 10.1 Å². The molecule has 5 nitrogen and oxygen atoms in total. The van der Waals surface area contributed by atoms with Crippen LogP contribution in [0.4, 0.5) is 5.82 Å². The fourth-order valence-electron chi connectivity index (χ4n) is 3.40. The van der Waals surface area contributed by atoms with Gasteiger partial charge >= 0.3 is 0 Å². The lowest BCUT2D eigenvalue weighted by Gasteiger charge is -2.22. The Balaban J connectivity index is 1.77. The molecule has 4 rings (SSSR count). The summed E-state index contributed by atoms with van der Waals surface area (Å²) in [6.07, 6.45) is 3.39. The molecule has 1 atom stereocenters. The van der Waals surface area contributed by atoms with Crippen LogP contribution >= 0.6 is 0 Å². The Morgan fingerprint density at radius 1 is 1.07 bits per heavy atom. The first kappa shape index (κ1) is 19.5. The number of phenolic OH excluding ortho intramolecular Hbond substituents is 1. The molecule has 0 radical (unpaired) electrons. The minimum absolute atomic E-state index is 0.158. The third-order valence-electron chi connectivity index (χ3n) is 4.85. The van der Waals surface area contributed by atoms with Gasteiger partial charge in [-0.05, 0) is 42.8 Å². The highest BCUT2D eigenvalue weighted by atomic mass is 16.5. The zero-order chi connectivity index (χ0) is 20.9. The van der Waals surface area contributed by atoms with E-state index in [0.29, 0.717) is 12.1 Å². The van der Waals surface area contributed by atoms with Crippen LogP contribution in [0.3, 0.4) is 0 Å². The van der Waals surface area contributed by atoms with Crippen LogP contribution in [-0.4, -0.2) is 21.7 Å². The predicted molar refractivity (Wildman–Crippen MR) is 120 cm³/mol. The van der Waals surface area contributed by atoms with E-state index in [9.17, 15) is 5.11 Å². The zero-order valence-electron chi connectivity index (χ0n) is 16.7. The highest BCUT2D eigenvalue weighted by molar-refractivity contribution is 5.86. The fourth-order valence-corrected chi connectivity index (χ4v) is 3.40. The molecule has 5 heteroatoms. The highest BCUT2D eigenvalue weighted by Crippen LogP contribution is 2.36. The Morgan fingerprint density at radius 2 is 1.90 bits per heavy atom. The first-order valence-corrected chi connectivity index (χ1v) is 9.76. The monoisotopic (exact) mass is 397 g/mol. The summed E-state index contributed by atoms with van der Waals surface area (Å²) in [5.74, 6) is 1.65. The molecule has 2 aromatic carbocycles. The number of phenols is 1. The van der Waals surface area contributed by atoms with Gasteiger partial charge in [-0.2, -0.15) is 0 Å². The summed E-state index contributed by atoms with van der Waals surface area (Å²) < 4.78 is 5.60. The molecule has 0 aliphatic heterocycles. The molecule has 2 N–H and O–H groups in total. The quantitative estimate of drug-likeness (QED) is 0.408. The van der Waals surface area contributed by atoms with E-state index in [2.05, 4.69) is 21.9 Å². The summed E-state index contributed by atoms with van der Waals surface area (Å²) in [6, 6.07) is 21.0. The first-order chi connectivity index (χ1) is 14.7. The Kier molecular flexibility index (Phi) is 5.61. The normalized spacial score (nSPS) is 11.8. The van der Waals surface area contributed by atoms with Crippen LogP contribution in [-0.2, 0) is 0 Å². The number of nitrogens with one attached hydrogen (secondary N) is 1. The van der Waals surface area contributed by atoms with Gasteiger partial charge in [-0.15, -0.1) is 0 Å². The second-order valence-electron chi connectivity index (χ2n) is 6.99. The number of hydrogen-bond donors (Lipinski definition) is 2. The number of fused-ring (bicyclic) bond motifs is 1.